The summed E-state index contributed by atoms with van der Waals surface area (Å²) in [7, 11) is 0. The zero-order chi connectivity index (χ0) is 28.1. The molecular weight excluding hydrogens is 534 g/mol. The summed E-state index contributed by atoms with van der Waals surface area (Å²) in [5.41, 5.74) is 2.74. The first-order chi connectivity index (χ1) is 20.7. The third-order valence-corrected chi connectivity index (χ3v) is 6.62. The van der Waals surface area contributed by atoms with Crippen molar-refractivity contribution >= 4 is 17.7 Å². The van der Waals surface area contributed by atoms with Gasteiger partial charge in [-0.25, -0.2) is 15.0 Å². The first-order valence-corrected chi connectivity index (χ1v) is 13.8. The summed E-state index contributed by atoms with van der Waals surface area (Å²) in [6.07, 6.45) is 0. The number of rotatable bonds is 9. The second-order valence-electron chi connectivity index (χ2n) is 9.63. The Bertz CT molecular complexity index is 1450. The lowest BCUT2D eigenvalue weighted by atomic mass is 10.2. The minimum Gasteiger partial charge on any atom is -0.476 e. The van der Waals surface area contributed by atoms with Gasteiger partial charge in [-0.3, -0.25) is 0 Å². The van der Waals surface area contributed by atoms with Gasteiger partial charge >= 0.3 is 0 Å². The van der Waals surface area contributed by atoms with Gasteiger partial charge in [-0.1, -0.05) is 0 Å². The third-order valence-electron chi connectivity index (χ3n) is 6.62. The van der Waals surface area contributed by atoms with Crippen molar-refractivity contribution in [3.05, 3.63) is 108 Å². The summed E-state index contributed by atoms with van der Waals surface area (Å²) in [6, 6.07) is 28.3. The first kappa shape index (κ1) is 25.6. The first-order valence-electron chi connectivity index (χ1n) is 13.8. The smallest absolute Gasteiger partial charge is 0.216 e. The number of hydrogen-bond donors (Lipinski definition) is 0. The molecule has 9 heteroatoms. The highest BCUT2D eigenvalue weighted by molar-refractivity contribution is 5.96. The van der Waals surface area contributed by atoms with Crippen LogP contribution in [0.5, 0.6) is 34.5 Å². The molecule has 4 aromatic carbocycles. The van der Waals surface area contributed by atoms with Gasteiger partial charge in [0.05, 0.1) is 19.6 Å². The maximum absolute atomic E-state index is 6.22. The number of hydrogen-bond acceptors (Lipinski definition) is 9. The van der Waals surface area contributed by atoms with Gasteiger partial charge in [-0.2, -0.15) is 0 Å². The van der Waals surface area contributed by atoms with E-state index in [9.17, 15) is 0 Å². The predicted octanol–water partition coefficient (Wildman–Crippen LogP) is 6.39. The molecule has 7 rings (SSSR count). The molecule has 3 heterocycles. The Morgan fingerprint density at radius 1 is 0.381 bits per heavy atom. The molecule has 4 aromatic rings. The quantitative estimate of drug-likeness (QED) is 0.235. The minimum atomic E-state index is 0.556. The standard InChI is InChI=1S/C33H27N3O6/c1-7-25(8-2-22(1)31-34-13-16-37-31)40-28-19-29(41-26-9-3-23(4-10-26)32-35-14-17-38-32)21-30(20-28)42-27-11-5-24(6-12-27)33-36-15-18-39-33/h1-12,19-21H,13-18H2. The van der Waals surface area contributed by atoms with Crippen molar-refractivity contribution in [3.63, 3.8) is 0 Å². The fraction of sp³-hybridized carbons (Fsp3) is 0.182. The Kier molecular flexibility index (Phi) is 7.12. The Labute approximate surface area is 242 Å². The van der Waals surface area contributed by atoms with Gasteiger partial charge in [0.1, 0.15) is 54.3 Å². The molecule has 3 aliphatic heterocycles. The van der Waals surface area contributed by atoms with Gasteiger partial charge in [0, 0.05) is 34.9 Å². The summed E-state index contributed by atoms with van der Waals surface area (Å²) in [4.78, 5) is 13.1. The Morgan fingerprint density at radius 2 is 0.667 bits per heavy atom. The van der Waals surface area contributed by atoms with Crippen molar-refractivity contribution in [2.45, 2.75) is 0 Å². The van der Waals surface area contributed by atoms with E-state index >= 15 is 0 Å². The maximum Gasteiger partial charge on any atom is 0.216 e. The number of benzene rings is 4. The molecule has 0 fully saturated rings. The van der Waals surface area contributed by atoms with Crippen molar-refractivity contribution in [3.8, 4) is 34.5 Å². The molecule has 0 N–H and O–H groups in total. The van der Waals surface area contributed by atoms with E-state index in [1.165, 1.54) is 0 Å². The molecule has 3 aliphatic rings. The summed E-state index contributed by atoms with van der Waals surface area (Å²) < 4.78 is 35.4. The maximum atomic E-state index is 6.22. The van der Waals surface area contributed by atoms with Gasteiger partial charge in [0.2, 0.25) is 17.7 Å². The van der Waals surface area contributed by atoms with Crippen LogP contribution in [-0.4, -0.2) is 57.1 Å². The van der Waals surface area contributed by atoms with E-state index in [0.29, 0.717) is 91.6 Å². The molecule has 0 saturated heterocycles. The molecule has 0 atom stereocenters. The highest BCUT2D eigenvalue weighted by Gasteiger charge is 2.14. The van der Waals surface area contributed by atoms with E-state index in [2.05, 4.69) is 15.0 Å². The number of aliphatic imine (C=N–C) groups is 3. The van der Waals surface area contributed by atoms with E-state index in [4.69, 9.17) is 28.4 Å². The normalized spacial score (nSPS) is 15.6. The highest BCUT2D eigenvalue weighted by atomic mass is 16.5. The molecule has 0 aliphatic carbocycles. The zero-order valence-electron chi connectivity index (χ0n) is 22.7. The van der Waals surface area contributed by atoms with Gasteiger partial charge in [-0.15, -0.1) is 0 Å². The van der Waals surface area contributed by atoms with Crippen LogP contribution in [0.1, 0.15) is 16.7 Å². The topological polar surface area (TPSA) is 92.5 Å². The van der Waals surface area contributed by atoms with Crippen molar-refractivity contribution in [1.82, 2.24) is 0 Å². The molecule has 0 unspecified atom stereocenters. The Balaban J connectivity index is 1.13. The minimum absolute atomic E-state index is 0.556. The van der Waals surface area contributed by atoms with E-state index in [-0.39, 0.29) is 0 Å². The second-order valence-corrected chi connectivity index (χ2v) is 9.63. The summed E-state index contributed by atoms with van der Waals surface area (Å²) in [5, 5.41) is 0. The molecule has 0 amide bonds. The van der Waals surface area contributed by atoms with Crippen LogP contribution in [0.25, 0.3) is 0 Å². The largest absolute Gasteiger partial charge is 0.476 e. The lowest BCUT2D eigenvalue weighted by Gasteiger charge is -2.14. The average molecular weight is 562 g/mol. The van der Waals surface area contributed by atoms with Crippen LogP contribution in [0.2, 0.25) is 0 Å². The van der Waals surface area contributed by atoms with Crippen molar-refractivity contribution in [2.75, 3.05) is 39.5 Å². The Morgan fingerprint density at radius 3 is 0.905 bits per heavy atom. The van der Waals surface area contributed by atoms with Crippen molar-refractivity contribution in [2.24, 2.45) is 15.0 Å². The second kappa shape index (κ2) is 11.7. The van der Waals surface area contributed by atoms with E-state index < -0.39 is 0 Å². The number of nitrogens with zero attached hydrogens (tertiary/aromatic N) is 3. The van der Waals surface area contributed by atoms with Crippen LogP contribution in [0.4, 0.5) is 0 Å². The molecule has 42 heavy (non-hydrogen) atoms. The predicted molar refractivity (Wildman–Crippen MR) is 158 cm³/mol. The zero-order valence-corrected chi connectivity index (χ0v) is 22.7. The van der Waals surface area contributed by atoms with Crippen molar-refractivity contribution in [1.29, 1.82) is 0 Å². The molecule has 0 bridgehead atoms. The molecule has 9 nitrogen and oxygen atoms in total. The van der Waals surface area contributed by atoms with Crippen LogP contribution in [0, 0.1) is 0 Å². The summed E-state index contributed by atoms with van der Waals surface area (Å²) in [6.45, 7) is 3.87. The van der Waals surface area contributed by atoms with Gasteiger partial charge in [0.15, 0.2) is 0 Å². The molecular formula is C33H27N3O6. The van der Waals surface area contributed by atoms with Crippen LogP contribution in [-0.2, 0) is 14.2 Å². The van der Waals surface area contributed by atoms with Crippen molar-refractivity contribution < 1.29 is 28.4 Å². The lowest BCUT2D eigenvalue weighted by Crippen LogP contribution is -2.00. The van der Waals surface area contributed by atoms with E-state index in [1.54, 1.807) is 0 Å². The van der Waals surface area contributed by atoms with Crippen LogP contribution in [0.3, 0.4) is 0 Å². The highest BCUT2D eigenvalue weighted by Crippen LogP contribution is 2.36. The number of ether oxygens (including phenoxy) is 6. The van der Waals surface area contributed by atoms with E-state index in [1.807, 2.05) is 91.0 Å². The van der Waals surface area contributed by atoms with Gasteiger partial charge in [-0.05, 0) is 72.8 Å². The Hall–Kier alpha value is -5.31. The van der Waals surface area contributed by atoms with Crippen LogP contribution >= 0.6 is 0 Å². The molecule has 0 radical (unpaired) electrons. The van der Waals surface area contributed by atoms with E-state index in [0.717, 1.165) is 16.7 Å². The van der Waals surface area contributed by atoms with Crippen LogP contribution in [0.15, 0.2) is 106 Å². The monoisotopic (exact) mass is 561 g/mol. The SMILES string of the molecule is c1cc(C2=NCCO2)ccc1Oc1cc(Oc2ccc(C3=NCCO3)cc2)cc(Oc2ccc(C3=NCCO3)cc2)c1. The third kappa shape index (κ3) is 5.90. The molecule has 0 saturated carbocycles. The van der Waals surface area contributed by atoms with Crippen LogP contribution < -0.4 is 14.2 Å². The van der Waals surface area contributed by atoms with Gasteiger partial charge in [0.25, 0.3) is 0 Å². The fourth-order valence-corrected chi connectivity index (χ4v) is 4.66. The lowest BCUT2D eigenvalue weighted by molar-refractivity contribution is 0.348. The molecule has 210 valence electrons. The van der Waals surface area contributed by atoms with Gasteiger partial charge < -0.3 is 28.4 Å². The summed E-state index contributed by atoms with van der Waals surface area (Å²) >= 11 is 0. The molecule has 0 aromatic heterocycles. The molecule has 0 spiro atoms. The fourth-order valence-electron chi connectivity index (χ4n) is 4.66. The average Bonchev–Trinajstić information content (AvgIpc) is 3.83. The summed E-state index contributed by atoms with van der Waals surface area (Å²) in [5.74, 6) is 5.60.